The van der Waals surface area contributed by atoms with E-state index >= 15 is 0 Å². The number of carbonyl (C=O) groups is 1. The Labute approximate surface area is 159 Å². The van der Waals surface area contributed by atoms with Crippen LogP contribution in [-0.4, -0.2) is 37.3 Å². The lowest BCUT2D eigenvalue weighted by Crippen LogP contribution is -2.39. The normalized spacial score (nSPS) is 19.2. The molecule has 1 N–H and O–H groups in total. The number of pyridine rings is 1. The molecule has 1 amide bonds. The van der Waals surface area contributed by atoms with Gasteiger partial charge in [0.15, 0.2) is 11.5 Å². The van der Waals surface area contributed by atoms with Crippen molar-refractivity contribution in [2.24, 2.45) is 0 Å². The third kappa shape index (κ3) is 4.70. The number of aromatic nitrogens is 1. The Morgan fingerprint density at radius 3 is 2.48 bits per heavy atom. The Morgan fingerprint density at radius 1 is 1.07 bits per heavy atom. The zero-order chi connectivity index (χ0) is 19.2. The second kappa shape index (κ2) is 8.75. The smallest absolute Gasteiger partial charge is 0.255 e. The fraction of sp³-hybridized carbons (Fsp3) is 0.429. The summed E-state index contributed by atoms with van der Waals surface area (Å²) in [5.41, 5.74) is 1.60. The van der Waals surface area contributed by atoms with Crippen LogP contribution in [0.2, 0.25) is 0 Å². The molecule has 2 aromatic rings. The molecule has 3 rings (SSSR count). The van der Waals surface area contributed by atoms with Crippen LogP contribution in [0, 0.1) is 6.92 Å². The van der Waals surface area contributed by atoms with Gasteiger partial charge in [0, 0.05) is 18.3 Å². The summed E-state index contributed by atoms with van der Waals surface area (Å²) in [4.78, 5) is 17.0. The Balaban J connectivity index is 1.54. The van der Waals surface area contributed by atoms with Crippen molar-refractivity contribution in [3.63, 3.8) is 0 Å². The molecule has 0 radical (unpaired) electrons. The molecule has 6 heteroatoms. The van der Waals surface area contributed by atoms with Crippen molar-refractivity contribution in [3.05, 3.63) is 47.7 Å². The SMILES string of the molecule is COc1cccc(C(=O)NC2CCC(Oc3ccc(C)cn3)CC2)c1OC. The zero-order valence-corrected chi connectivity index (χ0v) is 16.0. The lowest BCUT2D eigenvalue weighted by atomic mass is 9.92. The molecule has 1 heterocycles. The van der Waals surface area contributed by atoms with Crippen LogP contribution < -0.4 is 19.5 Å². The molecule has 0 unspecified atom stereocenters. The first-order chi connectivity index (χ1) is 13.1. The van der Waals surface area contributed by atoms with Crippen molar-refractivity contribution in [1.29, 1.82) is 0 Å². The molecular weight excluding hydrogens is 344 g/mol. The van der Waals surface area contributed by atoms with Crippen LogP contribution in [0.3, 0.4) is 0 Å². The highest BCUT2D eigenvalue weighted by molar-refractivity contribution is 5.98. The van der Waals surface area contributed by atoms with Gasteiger partial charge in [-0.1, -0.05) is 12.1 Å². The molecule has 1 saturated carbocycles. The third-order valence-corrected chi connectivity index (χ3v) is 4.83. The van der Waals surface area contributed by atoms with Gasteiger partial charge in [-0.25, -0.2) is 4.98 Å². The van der Waals surface area contributed by atoms with Crippen molar-refractivity contribution in [2.45, 2.75) is 44.8 Å². The standard InChI is InChI=1S/C21H26N2O4/c1-14-7-12-19(22-13-14)27-16-10-8-15(9-11-16)23-21(24)17-5-4-6-18(25-2)20(17)26-3/h4-7,12-13,15-16H,8-11H2,1-3H3,(H,23,24). The minimum Gasteiger partial charge on any atom is -0.493 e. The quantitative estimate of drug-likeness (QED) is 0.842. The van der Waals surface area contributed by atoms with E-state index in [0.717, 1.165) is 31.2 Å². The fourth-order valence-electron chi connectivity index (χ4n) is 3.35. The highest BCUT2D eigenvalue weighted by Crippen LogP contribution is 2.31. The van der Waals surface area contributed by atoms with Crippen LogP contribution in [0.1, 0.15) is 41.6 Å². The van der Waals surface area contributed by atoms with Gasteiger partial charge >= 0.3 is 0 Å². The second-order valence-electron chi connectivity index (χ2n) is 6.78. The van der Waals surface area contributed by atoms with E-state index < -0.39 is 0 Å². The number of ether oxygens (including phenoxy) is 3. The van der Waals surface area contributed by atoms with E-state index in [4.69, 9.17) is 14.2 Å². The molecule has 1 fully saturated rings. The lowest BCUT2D eigenvalue weighted by molar-refractivity contribution is 0.0886. The van der Waals surface area contributed by atoms with Gasteiger partial charge in [-0.15, -0.1) is 0 Å². The molecule has 1 aromatic heterocycles. The Bertz CT molecular complexity index is 768. The monoisotopic (exact) mass is 370 g/mol. The molecule has 0 atom stereocenters. The summed E-state index contributed by atoms with van der Waals surface area (Å²) in [6, 6.07) is 9.33. The molecular formula is C21H26N2O4. The summed E-state index contributed by atoms with van der Waals surface area (Å²) >= 11 is 0. The van der Waals surface area contributed by atoms with Gasteiger partial charge in [0.1, 0.15) is 6.10 Å². The van der Waals surface area contributed by atoms with E-state index in [9.17, 15) is 4.79 Å². The number of para-hydroxylation sites is 1. The maximum atomic E-state index is 12.7. The highest BCUT2D eigenvalue weighted by Gasteiger charge is 2.25. The van der Waals surface area contributed by atoms with Gasteiger partial charge in [0.25, 0.3) is 5.91 Å². The predicted octanol–water partition coefficient (Wildman–Crippen LogP) is 3.53. The Morgan fingerprint density at radius 2 is 1.85 bits per heavy atom. The fourth-order valence-corrected chi connectivity index (χ4v) is 3.35. The molecule has 0 aliphatic heterocycles. The molecule has 0 bridgehead atoms. The predicted molar refractivity (Wildman–Crippen MR) is 103 cm³/mol. The molecule has 144 valence electrons. The van der Waals surface area contributed by atoms with Gasteiger partial charge in [-0.2, -0.15) is 0 Å². The van der Waals surface area contributed by atoms with Crippen LogP contribution in [0.4, 0.5) is 0 Å². The van der Waals surface area contributed by atoms with E-state index in [2.05, 4.69) is 10.3 Å². The number of rotatable bonds is 6. The average Bonchev–Trinajstić information content (AvgIpc) is 2.70. The van der Waals surface area contributed by atoms with E-state index in [-0.39, 0.29) is 18.1 Å². The number of amides is 1. The van der Waals surface area contributed by atoms with Crippen molar-refractivity contribution in [2.75, 3.05) is 14.2 Å². The topological polar surface area (TPSA) is 69.7 Å². The number of carbonyl (C=O) groups excluding carboxylic acids is 1. The number of nitrogens with zero attached hydrogens (tertiary/aromatic N) is 1. The number of nitrogens with one attached hydrogen (secondary N) is 1. The first-order valence-corrected chi connectivity index (χ1v) is 9.22. The van der Waals surface area contributed by atoms with Gasteiger partial charge in [0.05, 0.1) is 19.8 Å². The van der Waals surface area contributed by atoms with Crippen LogP contribution >= 0.6 is 0 Å². The van der Waals surface area contributed by atoms with E-state index in [1.54, 1.807) is 25.3 Å². The Kier molecular flexibility index (Phi) is 6.16. The van der Waals surface area contributed by atoms with Gasteiger partial charge in [-0.3, -0.25) is 4.79 Å². The lowest BCUT2D eigenvalue weighted by Gasteiger charge is -2.29. The first-order valence-electron chi connectivity index (χ1n) is 9.22. The molecule has 27 heavy (non-hydrogen) atoms. The molecule has 1 aliphatic rings. The van der Waals surface area contributed by atoms with E-state index in [1.807, 2.05) is 25.3 Å². The maximum absolute atomic E-state index is 12.7. The van der Waals surface area contributed by atoms with Crippen LogP contribution in [0.5, 0.6) is 17.4 Å². The molecule has 6 nitrogen and oxygen atoms in total. The first kappa shape index (κ1) is 19.0. The summed E-state index contributed by atoms with van der Waals surface area (Å²) < 4.78 is 16.6. The van der Waals surface area contributed by atoms with E-state index in [1.165, 1.54) is 7.11 Å². The number of aryl methyl sites for hydroxylation is 1. The molecule has 1 aliphatic carbocycles. The van der Waals surface area contributed by atoms with Gasteiger partial charge < -0.3 is 19.5 Å². The van der Waals surface area contributed by atoms with E-state index in [0.29, 0.717) is 22.9 Å². The van der Waals surface area contributed by atoms with Crippen LogP contribution in [-0.2, 0) is 0 Å². The van der Waals surface area contributed by atoms with Crippen molar-refractivity contribution in [3.8, 4) is 17.4 Å². The van der Waals surface area contributed by atoms with Gasteiger partial charge in [-0.05, 0) is 50.3 Å². The number of hydrogen-bond donors (Lipinski definition) is 1. The number of benzene rings is 1. The summed E-state index contributed by atoms with van der Waals surface area (Å²) in [5, 5.41) is 3.11. The molecule has 1 aromatic carbocycles. The summed E-state index contributed by atoms with van der Waals surface area (Å²) in [7, 11) is 3.10. The number of methoxy groups -OCH3 is 2. The third-order valence-electron chi connectivity index (χ3n) is 4.83. The van der Waals surface area contributed by atoms with Crippen molar-refractivity contribution < 1.29 is 19.0 Å². The minimum absolute atomic E-state index is 0.124. The van der Waals surface area contributed by atoms with Crippen molar-refractivity contribution in [1.82, 2.24) is 10.3 Å². The molecule has 0 saturated heterocycles. The minimum atomic E-state index is -0.143. The van der Waals surface area contributed by atoms with Gasteiger partial charge in [0.2, 0.25) is 5.88 Å². The van der Waals surface area contributed by atoms with Crippen LogP contribution in [0.15, 0.2) is 36.5 Å². The maximum Gasteiger partial charge on any atom is 0.255 e. The largest absolute Gasteiger partial charge is 0.493 e. The summed E-state index contributed by atoms with van der Waals surface area (Å²) in [6.07, 6.45) is 5.46. The summed E-state index contributed by atoms with van der Waals surface area (Å²) in [6.45, 7) is 2.00. The Hall–Kier alpha value is -2.76. The highest BCUT2D eigenvalue weighted by atomic mass is 16.5. The average molecular weight is 370 g/mol. The van der Waals surface area contributed by atoms with Crippen molar-refractivity contribution >= 4 is 5.91 Å². The summed E-state index contributed by atoms with van der Waals surface area (Å²) in [5.74, 6) is 1.53. The zero-order valence-electron chi connectivity index (χ0n) is 16.0. The van der Waals surface area contributed by atoms with Crippen LogP contribution in [0.25, 0.3) is 0 Å². The second-order valence-corrected chi connectivity index (χ2v) is 6.78. The molecule has 0 spiro atoms. The number of hydrogen-bond acceptors (Lipinski definition) is 5.